The van der Waals surface area contributed by atoms with E-state index >= 15 is 0 Å². The molecule has 7 heteroatoms. The van der Waals surface area contributed by atoms with Crippen LogP contribution in [0.5, 0.6) is 0 Å². The Hall–Kier alpha value is -2.67. The number of H-pyrrole nitrogens is 1. The number of rotatable bonds is 3. The molecule has 1 aromatic carbocycles. The van der Waals surface area contributed by atoms with Crippen LogP contribution in [0.4, 0.5) is 0 Å². The van der Waals surface area contributed by atoms with E-state index in [0.29, 0.717) is 17.9 Å². The fourth-order valence-corrected chi connectivity index (χ4v) is 2.61. The van der Waals surface area contributed by atoms with Gasteiger partial charge in [0.15, 0.2) is 6.10 Å². The van der Waals surface area contributed by atoms with Crippen LogP contribution in [-0.4, -0.2) is 57.4 Å². The number of benzene rings is 1. The fourth-order valence-electron chi connectivity index (χ4n) is 2.61. The highest BCUT2D eigenvalue weighted by Gasteiger charge is 2.33. The molecule has 0 radical (unpaired) electrons. The smallest absolute Gasteiger partial charge is 0.334 e. The Labute approximate surface area is 132 Å². The summed E-state index contributed by atoms with van der Waals surface area (Å²) in [5, 5.41) is 16.0. The number of carbonyl (C=O) groups excluding carboxylic acids is 1. The maximum Gasteiger partial charge on any atom is 0.334 e. The highest BCUT2D eigenvalue weighted by molar-refractivity contribution is 5.94. The topological polar surface area (TPSA) is 95.5 Å². The van der Waals surface area contributed by atoms with Crippen molar-refractivity contribution in [2.24, 2.45) is 0 Å². The number of aliphatic carboxylic acids is 1. The average molecular weight is 315 g/mol. The maximum absolute atomic E-state index is 12.6. The molecule has 0 aliphatic carbocycles. The molecule has 2 aromatic rings. The monoisotopic (exact) mass is 315 g/mol. The minimum Gasteiger partial charge on any atom is -0.479 e. The molecule has 0 saturated carbocycles. The van der Waals surface area contributed by atoms with Crippen molar-refractivity contribution in [1.29, 1.82) is 0 Å². The highest BCUT2D eigenvalue weighted by atomic mass is 16.5. The van der Waals surface area contributed by atoms with Gasteiger partial charge in [-0.1, -0.05) is 30.3 Å². The summed E-state index contributed by atoms with van der Waals surface area (Å²) >= 11 is 0. The summed E-state index contributed by atoms with van der Waals surface area (Å²) in [7, 11) is 0. The minimum absolute atomic E-state index is 0.0260. The second kappa shape index (κ2) is 6.21. The Morgan fingerprint density at radius 2 is 2.04 bits per heavy atom. The van der Waals surface area contributed by atoms with Crippen LogP contribution in [0.15, 0.2) is 36.4 Å². The van der Waals surface area contributed by atoms with Gasteiger partial charge in [-0.3, -0.25) is 9.89 Å². The zero-order valence-corrected chi connectivity index (χ0v) is 12.6. The van der Waals surface area contributed by atoms with Gasteiger partial charge in [-0.25, -0.2) is 4.79 Å². The quantitative estimate of drug-likeness (QED) is 0.892. The number of nitrogens with one attached hydrogen (secondary N) is 1. The summed E-state index contributed by atoms with van der Waals surface area (Å²) < 4.78 is 5.32. The predicted molar refractivity (Wildman–Crippen MR) is 81.9 cm³/mol. The molecular formula is C16H17N3O4. The second-order valence-electron chi connectivity index (χ2n) is 5.52. The lowest BCUT2D eigenvalue weighted by molar-refractivity contribution is -0.160. The molecule has 1 fully saturated rings. The molecule has 0 bridgehead atoms. The van der Waals surface area contributed by atoms with Gasteiger partial charge in [0.1, 0.15) is 5.69 Å². The zero-order chi connectivity index (χ0) is 16.4. The van der Waals surface area contributed by atoms with Gasteiger partial charge in [-0.2, -0.15) is 5.10 Å². The predicted octanol–water partition coefficient (Wildman–Crippen LogP) is 1.39. The Morgan fingerprint density at radius 3 is 2.74 bits per heavy atom. The van der Waals surface area contributed by atoms with E-state index in [2.05, 4.69) is 10.2 Å². The standard InChI is InChI=1S/C16H17N3O4/c1-10-8-19(9-14(23-10)16(21)22)15(20)13-7-12(17-18-13)11-5-3-2-4-6-11/h2-7,10,14H,8-9H2,1H3,(H,17,18)(H,21,22)/t10-,14?/m1/s1. The van der Waals surface area contributed by atoms with Gasteiger partial charge in [-0.05, 0) is 13.0 Å². The molecule has 2 atom stereocenters. The molecule has 2 N–H and O–H groups in total. The summed E-state index contributed by atoms with van der Waals surface area (Å²) in [4.78, 5) is 25.2. The molecule has 120 valence electrons. The number of nitrogens with zero attached hydrogens (tertiary/aromatic N) is 2. The van der Waals surface area contributed by atoms with Gasteiger partial charge in [0.25, 0.3) is 5.91 Å². The number of amides is 1. The van der Waals surface area contributed by atoms with E-state index in [1.807, 2.05) is 30.3 Å². The number of carboxylic acids is 1. The third kappa shape index (κ3) is 3.24. The van der Waals surface area contributed by atoms with E-state index in [1.54, 1.807) is 13.0 Å². The van der Waals surface area contributed by atoms with Crippen LogP contribution in [-0.2, 0) is 9.53 Å². The summed E-state index contributed by atoms with van der Waals surface area (Å²) in [6.07, 6.45) is -1.33. The maximum atomic E-state index is 12.6. The molecule has 1 aromatic heterocycles. The minimum atomic E-state index is -1.07. The Morgan fingerprint density at radius 1 is 1.30 bits per heavy atom. The van der Waals surface area contributed by atoms with Gasteiger partial charge >= 0.3 is 5.97 Å². The largest absolute Gasteiger partial charge is 0.479 e. The summed E-state index contributed by atoms with van der Waals surface area (Å²) in [6.45, 7) is 2.12. The second-order valence-corrected chi connectivity index (χ2v) is 5.52. The summed E-state index contributed by atoms with van der Waals surface area (Å²) in [5.74, 6) is -1.34. The number of aromatic nitrogens is 2. The van der Waals surface area contributed by atoms with Crippen molar-refractivity contribution in [3.63, 3.8) is 0 Å². The van der Waals surface area contributed by atoms with Gasteiger partial charge in [0.2, 0.25) is 0 Å². The average Bonchev–Trinajstić information content (AvgIpc) is 3.04. The van der Waals surface area contributed by atoms with Crippen LogP contribution >= 0.6 is 0 Å². The molecule has 3 rings (SSSR count). The fraction of sp³-hybridized carbons (Fsp3) is 0.312. The number of hydrogen-bond donors (Lipinski definition) is 2. The molecule has 7 nitrogen and oxygen atoms in total. The Bertz CT molecular complexity index is 713. The number of carbonyl (C=O) groups is 2. The van der Waals surface area contributed by atoms with Crippen molar-refractivity contribution >= 4 is 11.9 Å². The first-order valence-electron chi connectivity index (χ1n) is 7.33. The Balaban J connectivity index is 1.78. The van der Waals surface area contributed by atoms with Crippen LogP contribution in [0.2, 0.25) is 0 Å². The zero-order valence-electron chi connectivity index (χ0n) is 12.6. The van der Waals surface area contributed by atoms with Crippen molar-refractivity contribution in [2.45, 2.75) is 19.1 Å². The van der Waals surface area contributed by atoms with Gasteiger partial charge in [-0.15, -0.1) is 0 Å². The van der Waals surface area contributed by atoms with Gasteiger partial charge < -0.3 is 14.7 Å². The molecule has 1 aliphatic heterocycles. The lowest BCUT2D eigenvalue weighted by Gasteiger charge is -2.34. The van der Waals surface area contributed by atoms with Crippen LogP contribution in [0.3, 0.4) is 0 Å². The van der Waals surface area contributed by atoms with Crippen LogP contribution < -0.4 is 0 Å². The first kappa shape index (κ1) is 15.2. The SMILES string of the molecule is C[C@@H]1CN(C(=O)c2cc(-c3ccccc3)n[nH]2)CC(C(=O)O)O1. The van der Waals surface area contributed by atoms with E-state index in [1.165, 1.54) is 4.90 Å². The highest BCUT2D eigenvalue weighted by Crippen LogP contribution is 2.19. The lowest BCUT2D eigenvalue weighted by Crippen LogP contribution is -2.51. The molecule has 1 amide bonds. The molecule has 2 heterocycles. The normalized spacial score (nSPS) is 21.2. The number of morpholine rings is 1. The molecule has 1 aliphatic rings. The first-order chi connectivity index (χ1) is 11.0. The van der Waals surface area contributed by atoms with E-state index in [0.717, 1.165) is 5.56 Å². The number of carboxylic acid groups (broad SMARTS) is 1. The third-order valence-corrected chi connectivity index (χ3v) is 3.70. The van der Waals surface area contributed by atoms with E-state index in [-0.39, 0.29) is 18.6 Å². The molecule has 0 spiro atoms. The Kier molecular flexibility index (Phi) is 4.12. The molecule has 23 heavy (non-hydrogen) atoms. The van der Waals surface area contributed by atoms with Crippen molar-refractivity contribution in [3.05, 3.63) is 42.1 Å². The van der Waals surface area contributed by atoms with E-state index < -0.39 is 12.1 Å². The van der Waals surface area contributed by atoms with Crippen LogP contribution in [0.25, 0.3) is 11.3 Å². The number of ether oxygens (including phenoxy) is 1. The van der Waals surface area contributed by atoms with Crippen molar-refractivity contribution in [2.75, 3.05) is 13.1 Å². The number of aromatic amines is 1. The molecular weight excluding hydrogens is 298 g/mol. The number of hydrogen-bond acceptors (Lipinski definition) is 4. The summed E-state index contributed by atoms with van der Waals surface area (Å²) in [5.41, 5.74) is 1.91. The molecule has 1 unspecified atom stereocenters. The molecule has 1 saturated heterocycles. The van der Waals surface area contributed by atoms with E-state index in [4.69, 9.17) is 9.84 Å². The lowest BCUT2D eigenvalue weighted by atomic mass is 10.1. The van der Waals surface area contributed by atoms with E-state index in [9.17, 15) is 9.59 Å². The third-order valence-electron chi connectivity index (χ3n) is 3.70. The van der Waals surface area contributed by atoms with Crippen molar-refractivity contribution < 1.29 is 19.4 Å². The first-order valence-corrected chi connectivity index (χ1v) is 7.33. The summed E-state index contributed by atoms with van der Waals surface area (Å²) in [6, 6.07) is 11.2. The van der Waals surface area contributed by atoms with Crippen molar-refractivity contribution in [3.8, 4) is 11.3 Å². The van der Waals surface area contributed by atoms with Gasteiger partial charge in [0, 0.05) is 12.1 Å². The van der Waals surface area contributed by atoms with Crippen LogP contribution in [0, 0.1) is 0 Å². The van der Waals surface area contributed by atoms with Gasteiger partial charge in [0.05, 0.1) is 18.3 Å². The van der Waals surface area contributed by atoms with Crippen molar-refractivity contribution in [1.82, 2.24) is 15.1 Å². The van der Waals surface area contributed by atoms with Crippen LogP contribution in [0.1, 0.15) is 17.4 Å².